The normalized spacial score (nSPS) is 32.3. The molecule has 2 fully saturated rings. The first-order valence-corrected chi connectivity index (χ1v) is 8.06. The van der Waals surface area contributed by atoms with Crippen molar-refractivity contribution in [3.05, 3.63) is 54.1 Å². The van der Waals surface area contributed by atoms with Gasteiger partial charge in [-0.25, -0.2) is 0 Å². The third-order valence-electron chi connectivity index (χ3n) is 5.90. The van der Waals surface area contributed by atoms with Crippen LogP contribution in [0.4, 0.5) is 11.4 Å². The number of rotatable bonds is 1. The Morgan fingerprint density at radius 2 is 1.67 bits per heavy atom. The van der Waals surface area contributed by atoms with Crippen molar-refractivity contribution in [2.75, 3.05) is 4.90 Å². The molecule has 2 aliphatic carbocycles. The summed E-state index contributed by atoms with van der Waals surface area (Å²) in [7, 11) is 5.87. The summed E-state index contributed by atoms with van der Waals surface area (Å²) in [5, 5.41) is 0. The number of fused-ring (bicyclic) bond motifs is 7. The average Bonchev–Trinajstić information content (AvgIpc) is 3.18. The zero-order valence-electron chi connectivity index (χ0n) is 12.1. The van der Waals surface area contributed by atoms with Gasteiger partial charge in [-0.05, 0) is 54.9 Å². The van der Waals surface area contributed by atoms with Gasteiger partial charge >= 0.3 is 0 Å². The Labute approximate surface area is 127 Å². The minimum atomic E-state index is 0.671. The van der Waals surface area contributed by atoms with Crippen LogP contribution in [0.25, 0.3) is 0 Å². The molecule has 0 saturated heterocycles. The molecule has 21 heavy (non-hydrogen) atoms. The Hall–Kier alpha value is -1.70. The third-order valence-corrected chi connectivity index (χ3v) is 5.90. The van der Waals surface area contributed by atoms with Crippen molar-refractivity contribution in [1.29, 1.82) is 0 Å². The van der Waals surface area contributed by atoms with E-state index in [1.165, 1.54) is 30.6 Å². The van der Waals surface area contributed by atoms with Crippen molar-refractivity contribution >= 4 is 24.7 Å². The Bertz CT molecular complexity index is 693. The Balaban J connectivity index is 1.68. The van der Waals surface area contributed by atoms with Crippen LogP contribution in [-0.2, 0) is 0 Å². The van der Waals surface area contributed by atoms with Crippen LogP contribution in [0.2, 0.25) is 0 Å². The van der Waals surface area contributed by atoms with E-state index in [1.54, 1.807) is 5.56 Å². The lowest BCUT2D eigenvalue weighted by atomic mass is 9.82. The molecule has 2 aromatic rings. The summed E-state index contributed by atoms with van der Waals surface area (Å²) in [4.78, 5) is 2.60. The molecule has 2 radical (unpaired) electrons. The van der Waals surface area contributed by atoms with E-state index in [2.05, 4.69) is 41.3 Å². The fourth-order valence-corrected chi connectivity index (χ4v) is 5.17. The molecule has 1 aliphatic heterocycles. The van der Waals surface area contributed by atoms with Crippen LogP contribution < -0.4 is 10.4 Å². The van der Waals surface area contributed by atoms with E-state index in [1.807, 2.05) is 12.1 Å². The Kier molecular flexibility index (Phi) is 2.36. The molecular weight excluding hydrogens is 253 g/mol. The summed E-state index contributed by atoms with van der Waals surface area (Å²) in [6.07, 6.45) is 4.26. The van der Waals surface area contributed by atoms with Crippen LogP contribution in [0.15, 0.2) is 48.5 Å². The maximum Gasteiger partial charge on any atom is 0.113 e. The fraction of sp³-hybridized carbons (Fsp3) is 0.368. The average molecular weight is 271 g/mol. The summed E-state index contributed by atoms with van der Waals surface area (Å²) in [6, 6.07) is 18.1. The largest absolute Gasteiger partial charge is 0.337 e. The van der Waals surface area contributed by atoms with Crippen molar-refractivity contribution in [1.82, 2.24) is 0 Å². The lowest BCUT2D eigenvalue weighted by Gasteiger charge is -2.33. The van der Waals surface area contributed by atoms with E-state index in [9.17, 15) is 0 Å². The summed E-state index contributed by atoms with van der Waals surface area (Å²) >= 11 is 0. The van der Waals surface area contributed by atoms with Crippen LogP contribution >= 0.6 is 0 Å². The summed E-state index contributed by atoms with van der Waals surface area (Å²) in [5.41, 5.74) is 5.15. The van der Waals surface area contributed by atoms with Gasteiger partial charge in [0.25, 0.3) is 0 Å². The molecular formula is C19H18BN. The molecule has 4 unspecified atom stereocenters. The topological polar surface area (TPSA) is 3.24 Å². The number of para-hydroxylation sites is 1. The molecule has 4 atom stereocenters. The number of anilines is 2. The van der Waals surface area contributed by atoms with Gasteiger partial charge in [-0.3, -0.25) is 0 Å². The second-order valence-electron chi connectivity index (χ2n) is 6.87. The molecule has 1 heterocycles. The molecule has 3 aliphatic rings. The lowest BCUT2D eigenvalue weighted by molar-refractivity contribution is 0.382. The van der Waals surface area contributed by atoms with Gasteiger partial charge in [-0.2, -0.15) is 0 Å². The van der Waals surface area contributed by atoms with Crippen LogP contribution in [0.3, 0.4) is 0 Å². The maximum atomic E-state index is 5.87. The molecule has 0 amide bonds. The van der Waals surface area contributed by atoms with E-state index in [0.717, 1.165) is 23.2 Å². The predicted octanol–water partition coefficient (Wildman–Crippen LogP) is 3.51. The highest BCUT2D eigenvalue weighted by Crippen LogP contribution is 2.62. The van der Waals surface area contributed by atoms with Crippen molar-refractivity contribution in [2.45, 2.75) is 31.2 Å². The van der Waals surface area contributed by atoms with Crippen molar-refractivity contribution < 1.29 is 0 Å². The lowest BCUT2D eigenvalue weighted by Crippen LogP contribution is -2.35. The highest BCUT2D eigenvalue weighted by molar-refractivity contribution is 6.32. The Morgan fingerprint density at radius 1 is 0.905 bits per heavy atom. The Morgan fingerprint density at radius 3 is 2.52 bits per heavy atom. The highest BCUT2D eigenvalue weighted by atomic mass is 15.2. The summed E-state index contributed by atoms with van der Waals surface area (Å²) < 4.78 is 0. The van der Waals surface area contributed by atoms with Gasteiger partial charge in [-0.1, -0.05) is 35.8 Å². The van der Waals surface area contributed by atoms with Gasteiger partial charge in [0.05, 0.1) is 0 Å². The monoisotopic (exact) mass is 271 g/mol. The van der Waals surface area contributed by atoms with Crippen molar-refractivity contribution in [2.24, 2.45) is 11.8 Å². The zero-order valence-corrected chi connectivity index (χ0v) is 12.1. The second kappa shape index (κ2) is 4.16. The van der Waals surface area contributed by atoms with E-state index in [-0.39, 0.29) is 0 Å². The van der Waals surface area contributed by atoms with Crippen molar-refractivity contribution in [3.8, 4) is 0 Å². The van der Waals surface area contributed by atoms with Gasteiger partial charge in [0.1, 0.15) is 7.85 Å². The van der Waals surface area contributed by atoms with E-state index < -0.39 is 0 Å². The minimum absolute atomic E-state index is 0.671. The fourth-order valence-electron chi connectivity index (χ4n) is 5.17. The zero-order chi connectivity index (χ0) is 14.0. The molecule has 2 aromatic carbocycles. The molecule has 2 saturated carbocycles. The van der Waals surface area contributed by atoms with E-state index >= 15 is 0 Å². The SMILES string of the molecule is [B]c1ccc(N2c3ccccc3C3C4CCC(C4)C32)cc1. The molecule has 2 bridgehead atoms. The maximum absolute atomic E-state index is 5.87. The molecule has 0 aromatic heterocycles. The number of hydrogen-bond acceptors (Lipinski definition) is 1. The highest BCUT2D eigenvalue weighted by Gasteiger charge is 2.55. The standard InChI is InChI=1S/C19H18BN/c20-14-7-9-15(10-8-14)21-17-4-2-1-3-16(17)18-12-5-6-13(11-12)19(18)21/h1-4,7-10,12-13,18-19H,5-6,11H2. The predicted molar refractivity (Wildman–Crippen MR) is 87.8 cm³/mol. The number of benzene rings is 2. The second-order valence-corrected chi connectivity index (χ2v) is 6.87. The van der Waals surface area contributed by atoms with Crippen LogP contribution in [-0.4, -0.2) is 13.9 Å². The minimum Gasteiger partial charge on any atom is -0.337 e. The van der Waals surface area contributed by atoms with Gasteiger partial charge in [0.2, 0.25) is 0 Å². The number of nitrogens with zero attached hydrogens (tertiary/aromatic N) is 1. The van der Waals surface area contributed by atoms with Gasteiger partial charge in [0.15, 0.2) is 0 Å². The summed E-state index contributed by atoms with van der Waals surface area (Å²) in [6.45, 7) is 0. The van der Waals surface area contributed by atoms with Gasteiger partial charge < -0.3 is 4.90 Å². The van der Waals surface area contributed by atoms with E-state index in [4.69, 9.17) is 7.85 Å². The number of hydrogen-bond donors (Lipinski definition) is 0. The van der Waals surface area contributed by atoms with Crippen LogP contribution in [0.1, 0.15) is 30.7 Å². The summed E-state index contributed by atoms with van der Waals surface area (Å²) in [5.74, 6) is 2.52. The first-order valence-electron chi connectivity index (χ1n) is 8.06. The third kappa shape index (κ3) is 1.54. The molecule has 102 valence electrons. The first kappa shape index (κ1) is 11.9. The van der Waals surface area contributed by atoms with Gasteiger partial charge in [0, 0.05) is 23.3 Å². The quantitative estimate of drug-likeness (QED) is 0.717. The van der Waals surface area contributed by atoms with Crippen LogP contribution in [0.5, 0.6) is 0 Å². The smallest absolute Gasteiger partial charge is 0.113 e. The van der Waals surface area contributed by atoms with Crippen molar-refractivity contribution in [3.63, 3.8) is 0 Å². The van der Waals surface area contributed by atoms with E-state index in [0.29, 0.717) is 6.04 Å². The van der Waals surface area contributed by atoms with Crippen LogP contribution in [0, 0.1) is 11.8 Å². The first-order chi connectivity index (χ1) is 10.3. The molecule has 0 N–H and O–H groups in total. The molecule has 2 heteroatoms. The molecule has 0 spiro atoms. The molecule has 1 nitrogen and oxygen atoms in total. The molecule has 5 rings (SSSR count). The van der Waals surface area contributed by atoms with Gasteiger partial charge in [-0.15, -0.1) is 0 Å².